The number of carboxylic acid groups (broad SMARTS) is 1. The van der Waals surface area contributed by atoms with Gasteiger partial charge in [0.2, 0.25) is 0 Å². The molecule has 1 aliphatic rings. The zero-order valence-electron chi connectivity index (χ0n) is 9.85. The van der Waals surface area contributed by atoms with Gasteiger partial charge in [-0.15, -0.1) is 0 Å². The summed E-state index contributed by atoms with van der Waals surface area (Å²) in [6, 6.07) is -0.327. The summed E-state index contributed by atoms with van der Waals surface area (Å²) < 4.78 is 4.80. The molecule has 1 saturated carbocycles. The Labute approximate surface area is 101 Å². The lowest BCUT2D eigenvalue weighted by molar-refractivity contribution is -0.142. The number of aliphatic carboxylic acids is 1. The van der Waals surface area contributed by atoms with Crippen LogP contribution in [0.15, 0.2) is 12.7 Å². The van der Waals surface area contributed by atoms with E-state index in [2.05, 4.69) is 11.9 Å². The summed E-state index contributed by atoms with van der Waals surface area (Å²) in [5.74, 6) is -1.35. The van der Waals surface area contributed by atoms with Crippen LogP contribution in [0.3, 0.4) is 0 Å². The number of rotatable bonds is 4. The van der Waals surface area contributed by atoms with Gasteiger partial charge < -0.3 is 15.2 Å². The molecule has 5 nitrogen and oxygen atoms in total. The fraction of sp³-hybridized carbons (Fsp3) is 0.667. The minimum atomic E-state index is -0.846. The van der Waals surface area contributed by atoms with Crippen LogP contribution in [-0.4, -0.2) is 29.8 Å². The Kier molecular flexibility index (Phi) is 5.52. The minimum Gasteiger partial charge on any atom is -0.481 e. The fourth-order valence-corrected chi connectivity index (χ4v) is 2.10. The van der Waals surface area contributed by atoms with Gasteiger partial charge in [-0.25, -0.2) is 4.79 Å². The zero-order chi connectivity index (χ0) is 12.7. The standard InChI is InChI=1S/C12H19NO4/c1-2-8-17-12(16)13-10-7-5-3-4-6-9(10)11(14)15/h2,9-10H,1,3-8H2,(H,13,16)(H,14,15)/t9-,10+/m1/s1. The van der Waals surface area contributed by atoms with E-state index in [-0.39, 0.29) is 12.6 Å². The molecule has 0 aliphatic heterocycles. The first-order valence-electron chi connectivity index (χ1n) is 5.92. The van der Waals surface area contributed by atoms with Crippen molar-refractivity contribution in [1.82, 2.24) is 5.32 Å². The van der Waals surface area contributed by atoms with E-state index in [9.17, 15) is 9.59 Å². The fourth-order valence-electron chi connectivity index (χ4n) is 2.10. The van der Waals surface area contributed by atoms with Crippen molar-refractivity contribution < 1.29 is 19.4 Å². The van der Waals surface area contributed by atoms with Crippen LogP contribution in [0, 0.1) is 5.92 Å². The number of alkyl carbamates (subject to hydrolysis) is 1. The third kappa shape index (κ3) is 4.46. The number of hydrogen-bond donors (Lipinski definition) is 2. The Hall–Kier alpha value is -1.52. The van der Waals surface area contributed by atoms with Gasteiger partial charge in [0, 0.05) is 6.04 Å². The molecule has 1 rings (SSSR count). The molecular formula is C12H19NO4. The summed E-state index contributed by atoms with van der Waals surface area (Å²) in [5.41, 5.74) is 0. The van der Waals surface area contributed by atoms with Crippen molar-refractivity contribution in [3.05, 3.63) is 12.7 Å². The molecule has 2 atom stereocenters. The van der Waals surface area contributed by atoms with Crippen LogP contribution < -0.4 is 5.32 Å². The second kappa shape index (κ2) is 6.93. The third-order valence-electron chi connectivity index (χ3n) is 2.97. The highest BCUT2D eigenvalue weighted by Crippen LogP contribution is 2.23. The lowest BCUT2D eigenvalue weighted by Crippen LogP contribution is -2.43. The molecule has 0 saturated heterocycles. The van der Waals surface area contributed by atoms with Crippen LogP contribution >= 0.6 is 0 Å². The number of carboxylic acids is 1. The summed E-state index contributed by atoms with van der Waals surface area (Å²) >= 11 is 0. The first kappa shape index (κ1) is 13.5. The van der Waals surface area contributed by atoms with Crippen LogP contribution in [0.2, 0.25) is 0 Å². The molecular weight excluding hydrogens is 222 g/mol. The van der Waals surface area contributed by atoms with Gasteiger partial charge in [-0.1, -0.05) is 31.9 Å². The first-order chi connectivity index (χ1) is 8.15. The maximum atomic E-state index is 11.4. The Bertz CT molecular complexity index is 290. The molecule has 0 aromatic carbocycles. The molecule has 0 heterocycles. The number of carbonyl (C=O) groups excluding carboxylic acids is 1. The molecule has 0 unspecified atom stereocenters. The molecule has 2 N–H and O–H groups in total. The summed E-state index contributed by atoms with van der Waals surface area (Å²) in [6.07, 6.45) is 5.07. The molecule has 1 amide bonds. The van der Waals surface area contributed by atoms with Gasteiger partial charge in [-0.05, 0) is 12.8 Å². The largest absolute Gasteiger partial charge is 0.481 e. The summed E-state index contributed by atoms with van der Waals surface area (Å²) in [7, 11) is 0. The molecule has 0 aromatic rings. The van der Waals surface area contributed by atoms with Crippen LogP contribution in [0.5, 0.6) is 0 Å². The first-order valence-corrected chi connectivity index (χ1v) is 5.92. The summed E-state index contributed by atoms with van der Waals surface area (Å²) in [5, 5.41) is 11.7. The lowest BCUT2D eigenvalue weighted by atomic mass is 9.95. The molecule has 0 bridgehead atoms. The quantitative estimate of drug-likeness (QED) is 0.582. The van der Waals surface area contributed by atoms with Gasteiger partial charge in [0.15, 0.2) is 0 Å². The number of amides is 1. The highest BCUT2D eigenvalue weighted by molar-refractivity contribution is 5.73. The smallest absolute Gasteiger partial charge is 0.407 e. The number of ether oxygens (including phenoxy) is 1. The zero-order valence-corrected chi connectivity index (χ0v) is 9.85. The van der Waals surface area contributed by atoms with Crippen LogP contribution in [0.1, 0.15) is 32.1 Å². The predicted molar refractivity (Wildman–Crippen MR) is 62.7 cm³/mol. The van der Waals surface area contributed by atoms with E-state index in [4.69, 9.17) is 9.84 Å². The average molecular weight is 241 g/mol. The van der Waals surface area contributed by atoms with Gasteiger partial charge in [0.25, 0.3) is 0 Å². The highest BCUT2D eigenvalue weighted by atomic mass is 16.5. The van der Waals surface area contributed by atoms with Gasteiger partial charge >= 0.3 is 12.1 Å². The second-order valence-corrected chi connectivity index (χ2v) is 4.22. The van der Waals surface area contributed by atoms with Crippen molar-refractivity contribution in [1.29, 1.82) is 0 Å². The monoisotopic (exact) mass is 241 g/mol. The molecule has 96 valence electrons. The van der Waals surface area contributed by atoms with Crippen molar-refractivity contribution in [3.8, 4) is 0 Å². The summed E-state index contributed by atoms with van der Waals surface area (Å²) in [4.78, 5) is 22.5. The molecule has 0 radical (unpaired) electrons. The lowest BCUT2D eigenvalue weighted by Gasteiger charge is -2.22. The Morgan fingerprint density at radius 1 is 1.35 bits per heavy atom. The van der Waals surface area contributed by atoms with E-state index in [0.717, 1.165) is 19.3 Å². The molecule has 1 aliphatic carbocycles. The van der Waals surface area contributed by atoms with Gasteiger partial charge in [0.1, 0.15) is 6.61 Å². The van der Waals surface area contributed by atoms with Crippen molar-refractivity contribution >= 4 is 12.1 Å². The van der Waals surface area contributed by atoms with E-state index in [1.807, 2.05) is 0 Å². The highest BCUT2D eigenvalue weighted by Gasteiger charge is 2.30. The number of carbonyl (C=O) groups is 2. The third-order valence-corrected chi connectivity index (χ3v) is 2.97. The van der Waals surface area contributed by atoms with Crippen LogP contribution in [-0.2, 0) is 9.53 Å². The van der Waals surface area contributed by atoms with E-state index in [0.29, 0.717) is 12.8 Å². The average Bonchev–Trinajstić information content (AvgIpc) is 2.51. The van der Waals surface area contributed by atoms with Crippen molar-refractivity contribution in [2.24, 2.45) is 5.92 Å². The number of nitrogens with one attached hydrogen (secondary N) is 1. The van der Waals surface area contributed by atoms with E-state index >= 15 is 0 Å². The van der Waals surface area contributed by atoms with Crippen LogP contribution in [0.25, 0.3) is 0 Å². The second-order valence-electron chi connectivity index (χ2n) is 4.22. The molecule has 0 aromatic heterocycles. The van der Waals surface area contributed by atoms with E-state index in [1.54, 1.807) is 0 Å². The molecule has 1 fully saturated rings. The van der Waals surface area contributed by atoms with Gasteiger partial charge in [0.05, 0.1) is 5.92 Å². The Morgan fingerprint density at radius 3 is 2.71 bits per heavy atom. The maximum Gasteiger partial charge on any atom is 0.407 e. The Morgan fingerprint density at radius 2 is 2.06 bits per heavy atom. The normalized spacial score (nSPS) is 24.5. The maximum absolute atomic E-state index is 11.4. The molecule has 0 spiro atoms. The van der Waals surface area contributed by atoms with Crippen molar-refractivity contribution in [3.63, 3.8) is 0 Å². The van der Waals surface area contributed by atoms with E-state index < -0.39 is 18.0 Å². The van der Waals surface area contributed by atoms with Crippen molar-refractivity contribution in [2.75, 3.05) is 6.61 Å². The van der Waals surface area contributed by atoms with Gasteiger partial charge in [-0.2, -0.15) is 0 Å². The van der Waals surface area contributed by atoms with Crippen LogP contribution in [0.4, 0.5) is 4.79 Å². The Balaban J connectivity index is 2.54. The van der Waals surface area contributed by atoms with Crippen molar-refractivity contribution in [2.45, 2.75) is 38.1 Å². The molecule has 17 heavy (non-hydrogen) atoms. The summed E-state index contributed by atoms with van der Waals surface area (Å²) in [6.45, 7) is 3.57. The SMILES string of the molecule is C=CCOC(=O)N[C@H]1CCCCC[C@H]1C(=O)O. The van der Waals surface area contributed by atoms with Gasteiger partial charge in [-0.3, -0.25) is 4.79 Å². The predicted octanol–water partition coefficient (Wildman–Crippen LogP) is 1.93. The minimum absolute atomic E-state index is 0.135. The molecule has 5 heteroatoms. The van der Waals surface area contributed by atoms with E-state index in [1.165, 1.54) is 6.08 Å². The topological polar surface area (TPSA) is 75.6 Å². The number of hydrogen-bond acceptors (Lipinski definition) is 3.